The number of aryl methyl sites for hydroxylation is 2. The van der Waals surface area contributed by atoms with Crippen molar-refractivity contribution in [3.05, 3.63) is 41.1 Å². The summed E-state index contributed by atoms with van der Waals surface area (Å²) < 4.78 is 0. The first kappa shape index (κ1) is 11.4. The Kier molecular flexibility index (Phi) is 2.95. The number of carbonyl (C=O) groups is 1. The maximum Gasteiger partial charge on any atom is 0.307 e. The van der Waals surface area contributed by atoms with Crippen LogP contribution in [-0.4, -0.2) is 21.3 Å². The number of hydrogen-bond donors (Lipinski definition) is 2. The van der Waals surface area contributed by atoms with Crippen molar-refractivity contribution in [3.8, 4) is 11.3 Å². The average Bonchev–Trinajstić information content (AvgIpc) is 2.65. The van der Waals surface area contributed by atoms with Crippen LogP contribution >= 0.6 is 0 Å². The lowest BCUT2D eigenvalue weighted by molar-refractivity contribution is -0.136. The first-order valence-electron chi connectivity index (χ1n) is 5.39. The van der Waals surface area contributed by atoms with Crippen LogP contribution in [0.15, 0.2) is 24.4 Å². The predicted octanol–water partition coefficient (Wildman–Crippen LogP) is 2.32. The zero-order valence-electron chi connectivity index (χ0n) is 9.82. The molecule has 0 unspecified atom stereocenters. The predicted molar refractivity (Wildman–Crippen MR) is 64.8 cm³/mol. The smallest absolute Gasteiger partial charge is 0.307 e. The zero-order valence-corrected chi connectivity index (χ0v) is 9.82. The van der Waals surface area contributed by atoms with Crippen molar-refractivity contribution in [3.63, 3.8) is 0 Å². The van der Waals surface area contributed by atoms with Crippen LogP contribution in [0.25, 0.3) is 11.3 Å². The van der Waals surface area contributed by atoms with Gasteiger partial charge in [0.25, 0.3) is 0 Å². The molecule has 0 aliphatic heterocycles. The van der Waals surface area contributed by atoms with E-state index in [9.17, 15) is 4.79 Å². The minimum atomic E-state index is -0.850. The standard InChI is InChI=1S/C13H14N2O2/c1-8-3-4-11(9(2)5-8)13-10(6-12(16)17)7-14-15-13/h3-5,7H,6H2,1-2H3,(H,14,15)(H,16,17). The molecule has 1 aromatic heterocycles. The van der Waals surface area contributed by atoms with Gasteiger partial charge in [0.05, 0.1) is 18.3 Å². The summed E-state index contributed by atoms with van der Waals surface area (Å²) in [6, 6.07) is 6.07. The normalized spacial score (nSPS) is 10.5. The molecule has 0 fully saturated rings. The molecule has 0 radical (unpaired) electrons. The number of aromatic nitrogens is 2. The van der Waals surface area contributed by atoms with Crippen molar-refractivity contribution in [1.82, 2.24) is 10.2 Å². The molecule has 0 amide bonds. The van der Waals surface area contributed by atoms with E-state index in [0.29, 0.717) is 5.56 Å². The Hall–Kier alpha value is -2.10. The molecule has 0 atom stereocenters. The maximum atomic E-state index is 10.7. The van der Waals surface area contributed by atoms with Crippen LogP contribution in [0.4, 0.5) is 0 Å². The SMILES string of the molecule is Cc1ccc(-c2[nH]ncc2CC(=O)O)c(C)c1. The molecule has 4 nitrogen and oxygen atoms in total. The second kappa shape index (κ2) is 4.41. The van der Waals surface area contributed by atoms with Crippen LogP contribution in [0, 0.1) is 13.8 Å². The third-order valence-electron chi connectivity index (χ3n) is 2.71. The molecule has 1 heterocycles. The number of aromatic amines is 1. The molecule has 4 heteroatoms. The summed E-state index contributed by atoms with van der Waals surface area (Å²) in [5.74, 6) is -0.850. The zero-order chi connectivity index (χ0) is 12.4. The Morgan fingerprint density at radius 2 is 2.18 bits per heavy atom. The molecule has 0 aliphatic carbocycles. The summed E-state index contributed by atoms with van der Waals surface area (Å²) >= 11 is 0. The molecule has 88 valence electrons. The monoisotopic (exact) mass is 230 g/mol. The molecule has 0 saturated carbocycles. The number of benzene rings is 1. The van der Waals surface area contributed by atoms with Crippen LogP contribution in [0.3, 0.4) is 0 Å². The number of rotatable bonds is 3. The first-order chi connectivity index (χ1) is 8.08. The van der Waals surface area contributed by atoms with Crippen LogP contribution in [0.1, 0.15) is 16.7 Å². The minimum absolute atomic E-state index is 0.0147. The molecule has 17 heavy (non-hydrogen) atoms. The van der Waals surface area contributed by atoms with Crippen LogP contribution in [0.5, 0.6) is 0 Å². The summed E-state index contributed by atoms with van der Waals surface area (Å²) in [5.41, 5.74) is 4.81. The van der Waals surface area contributed by atoms with E-state index < -0.39 is 5.97 Å². The Morgan fingerprint density at radius 1 is 1.41 bits per heavy atom. The van der Waals surface area contributed by atoms with Crippen molar-refractivity contribution >= 4 is 5.97 Å². The van der Waals surface area contributed by atoms with Crippen molar-refractivity contribution in [2.24, 2.45) is 0 Å². The van der Waals surface area contributed by atoms with E-state index in [-0.39, 0.29) is 6.42 Å². The van der Waals surface area contributed by atoms with E-state index in [0.717, 1.165) is 16.8 Å². The van der Waals surface area contributed by atoms with Crippen molar-refractivity contribution in [2.45, 2.75) is 20.3 Å². The molecule has 0 saturated heterocycles. The molecular weight excluding hydrogens is 216 g/mol. The van der Waals surface area contributed by atoms with Crippen LogP contribution < -0.4 is 0 Å². The van der Waals surface area contributed by atoms with Gasteiger partial charge in [0, 0.05) is 11.1 Å². The summed E-state index contributed by atoms with van der Waals surface area (Å²) in [6.45, 7) is 4.04. The molecule has 2 rings (SSSR count). The van der Waals surface area contributed by atoms with Gasteiger partial charge in [-0.2, -0.15) is 5.10 Å². The Morgan fingerprint density at radius 3 is 2.82 bits per heavy atom. The van der Waals surface area contributed by atoms with Gasteiger partial charge in [-0.15, -0.1) is 0 Å². The fourth-order valence-corrected chi connectivity index (χ4v) is 1.94. The molecule has 0 bridgehead atoms. The number of carboxylic acid groups (broad SMARTS) is 1. The van der Waals surface area contributed by atoms with Gasteiger partial charge in [-0.3, -0.25) is 9.89 Å². The second-order valence-electron chi connectivity index (χ2n) is 4.16. The fourth-order valence-electron chi connectivity index (χ4n) is 1.94. The Bertz CT molecular complexity index is 558. The van der Waals surface area contributed by atoms with Gasteiger partial charge in [0.2, 0.25) is 0 Å². The average molecular weight is 230 g/mol. The van der Waals surface area contributed by atoms with Gasteiger partial charge in [-0.05, 0) is 19.4 Å². The third kappa shape index (κ3) is 2.36. The summed E-state index contributed by atoms with van der Waals surface area (Å²) in [4.78, 5) is 10.7. The number of hydrogen-bond acceptors (Lipinski definition) is 2. The number of nitrogens with zero attached hydrogens (tertiary/aromatic N) is 1. The lowest BCUT2D eigenvalue weighted by atomic mass is 10.00. The number of H-pyrrole nitrogens is 1. The summed E-state index contributed by atoms with van der Waals surface area (Å²) in [7, 11) is 0. The van der Waals surface area contributed by atoms with Crippen molar-refractivity contribution in [1.29, 1.82) is 0 Å². The van der Waals surface area contributed by atoms with Gasteiger partial charge in [-0.1, -0.05) is 23.8 Å². The maximum absolute atomic E-state index is 10.7. The minimum Gasteiger partial charge on any atom is -0.481 e. The van der Waals surface area contributed by atoms with E-state index in [4.69, 9.17) is 5.11 Å². The van der Waals surface area contributed by atoms with Gasteiger partial charge in [0.1, 0.15) is 0 Å². The molecule has 0 aliphatic rings. The third-order valence-corrected chi connectivity index (χ3v) is 2.71. The fraction of sp³-hybridized carbons (Fsp3) is 0.231. The van der Waals surface area contributed by atoms with Gasteiger partial charge in [0.15, 0.2) is 0 Å². The summed E-state index contributed by atoms with van der Waals surface area (Å²) in [6.07, 6.45) is 1.56. The number of nitrogens with one attached hydrogen (secondary N) is 1. The molecule has 2 N–H and O–H groups in total. The lowest BCUT2D eigenvalue weighted by Crippen LogP contribution is -2.00. The largest absolute Gasteiger partial charge is 0.481 e. The molecular formula is C13H14N2O2. The summed E-state index contributed by atoms with van der Waals surface area (Å²) in [5, 5.41) is 15.6. The van der Waals surface area contributed by atoms with Gasteiger partial charge in [-0.25, -0.2) is 0 Å². The van der Waals surface area contributed by atoms with Crippen molar-refractivity contribution < 1.29 is 9.90 Å². The van der Waals surface area contributed by atoms with Gasteiger partial charge < -0.3 is 5.11 Å². The van der Waals surface area contributed by atoms with Crippen molar-refractivity contribution in [2.75, 3.05) is 0 Å². The highest BCUT2D eigenvalue weighted by atomic mass is 16.4. The van der Waals surface area contributed by atoms with E-state index in [1.165, 1.54) is 5.56 Å². The van der Waals surface area contributed by atoms with Gasteiger partial charge >= 0.3 is 5.97 Å². The Labute approximate surface area is 99.3 Å². The molecule has 0 spiro atoms. The highest BCUT2D eigenvalue weighted by molar-refractivity contribution is 5.75. The molecule has 2 aromatic rings. The number of aliphatic carboxylic acids is 1. The van der Waals surface area contributed by atoms with Crippen LogP contribution in [0.2, 0.25) is 0 Å². The second-order valence-corrected chi connectivity index (χ2v) is 4.16. The highest BCUT2D eigenvalue weighted by Crippen LogP contribution is 2.25. The van der Waals surface area contributed by atoms with E-state index in [1.807, 2.05) is 26.0 Å². The van der Waals surface area contributed by atoms with Crippen LogP contribution in [-0.2, 0) is 11.2 Å². The quantitative estimate of drug-likeness (QED) is 0.850. The molecule has 1 aromatic carbocycles. The topological polar surface area (TPSA) is 66.0 Å². The lowest BCUT2D eigenvalue weighted by Gasteiger charge is -2.06. The highest BCUT2D eigenvalue weighted by Gasteiger charge is 2.12. The van der Waals surface area contributed by atoms with E-state index in [2.05, 4.69) is 16.3 Å². The number of carboxylic acids is 1. The Balaban J connectivity index is 2.46. The first-order valence-corrected chi connectivity index (χ1v) is 5.39. The van der Waals surface area contributed by atoms with E-state index >= 15 is 0 Å². The van der Waals surface area contributed by atoms with E-state index in [1.54, 1.807) is 6.20 Å².